The van der Waals surface area contributed by atoms with E-state index in [1.165, 1.54) is 13.8 Å². The van der Waals surface area contributed by atoms with Crippen LogP contribution in [-0.4, -0.2) is 100 Å². The van der Waals surface area contributed by atoms with E-state index in [4.69, 9.17) is 20.9 Å². The first-order valence-electron chi connectivity index (χ1n) is 10.5. The molecule has 0 saturated carbocycles. The van der Waals surface area contributed by atoms with Crippen LogP contribution >= 0.6 is 0 Å². The molecule has 0 bridgehead atoms. The average Bonchev–Trinajstić information content (AvgIpc) is 2.74. The van der Waals surface area contributed by atoms with Crippen LogP contribution in [0.5, 0.6) is 0 Å². The van der Waals surface area contributed by atoms with Crippen LogP contribution < -0.4 is 27.4 Å². The summed E-state index contributed by atoms with van der Waals surface area (Å²) in [6, 6.07) is -3.59. The molecule has 15 heteroatoms. The third-order valence-electron chi connectivity index (χ3n) is 5.06. The maximum Gasteiger partial charge on any atom is 0.249 e. The van der Waals surface area contributed by atoms with Gasteiger partial charge in [-0.2, -0.15) is 0 Å². The van der Waals surface area contributed by atoms with Gasteiger partial charge in [0.25, 0.3) is 0 Å². The highest BCUT2D eigenvalue weighted by molar-refractivity contribution is 5.92. The Morgan fingerprint density at radius 1 is 1.06 bits per heavy atom. The first kappa shape index (κ1) is 29.2. The number of ether oxygens (including phenoxy) is 2. The molecular formula is C19H33N5O10. The molecule has 1 fully saturated rings. The molecule has 34 heavy (non-hydrogen) atoms. The number of carbonyl (C=O) groups is 5. The Hall–Kier alpha value is -2.85. The molecule has 1 aliphatic heterocycles. The van der Waals surface area contributed by atoms with Crippen molar-refractivity contribution < 1.29 is 48.8 Å². The number of hydrogen-bond donors (Lipinski definition) is 8. The lowest BCUT2D eigenvalue weighted by atomic mass is 9.96. The molecule has 1 heterocycles. The fourth-order valence-corrected chi connectivity index (χ4v) is 3.20. The van der Waals surface area contributed by atoms with E-state index in [1.54, 1.807) is 0 Å². The fraction of sp³-hybridized carbons (Fsp3) is 0.737. The Morgan fingerprint density at radius 3 is 2.18 bits per heavy atom. The van der Waals surface area contributed by atoms with E-state index in [-0.39, 0.29) is 12.8 Å². The first-order valence-corrected chi connectivity index (χ1v) is 10.5. The van der Waals surface area contributed by atoms with Gasteiger partial charge in [0.15, 0.2) is 6.29 Å². The van der Waals surface area contributed by atoms with Crippen molar-refractivity contribution in [1.82, 2.24) is 16.0 Å². The van der Waals surface area contributed by atoms with Gasteiger partial charge in [0.05, 0.1) is 6.61 Å². The lowest BCUT2D eigenvalue weighted by Gasteiger charge is -2.43. The zero-order chi connectivity index (χ0) is 26.2. The normalized spacial score (nSPS) is 27.1. The van der Waals surface area contributed by atoms with Crippen LogP contribution in [0.1, 0.15) is 33.6 Å². The number of aliphatic hydroxyl groups is 3. The number of nitrogens with two attached hydrogens (primary N) is 2. The summed E-state index contributed by atoms with van der Waals surface area (Å²) >= 11 is 0. The highest BCUT2D eigenvalue weighted by Gasteiger charge is 2.47. The first-order chi connectivity index (χ1) is 15.8. The van der Waals surface area contributed by atoms with Gasteiger partial charge < -0.3 is 52.2 Å². The van der Waals surface area contributed by atoms with E-state index in [9.17, 15) is 39.3 Å². The maximum atomic E-state index is 12.6. The van der Waals surface area contributed by atoms with E-state index >= 15 is 0 Å². The van der Waals surface area contributed by atoms with Gasteiger partial charge in [-0.3, -0.25) is 24.0 Å². The molecule has 5 amide bonds. The predicted molar refractivity (Wildman–Crippen MR) is 113 cm³/mol. The molecule has 194 valence electrons. The average molecular weight is 491 g/mol. The quantitative estimate of drug-likeness (QED) is 0.129. The summed E-state index contributed by atoms with van der Waals surface area (Å²) in [7, 11) is 0. The van der Waals surface area contributed by atoms with Gasteiger partial charge in [0.2, 0.25) is 29.5 Å². The summed E-state index contributed by atoms with van der Waals surface area (Å²) < 4.78 is 10.6. The van der Waals surface area contributed by atoms with Crippen molar-refractivity contribution in [2.45, 2.75) is 82.4 Å². The second-order valence-electron chi connectivity index (χ2n) is 7.91. The minimum absolute atomic E-state index is 0.114. The number of amides is 5. The highest BCUT2D eigenvalue weighted by atomic mass is 16.6. The van der Waals surface area contributed by atoms with Gasteiger partial charge in [-0.15, -0.1) is 0 Å². The Bertz CT molecular complexity index is 766. The van der Waals surface area contributed by atoms with Crippen molar-refractivity contribution in [2.24, 2.45) is 11.5 Å². The fourth-order valence-electron chi connectivity index (χ4n) is 3.20. The third kappa shape index (κ3) is 8.49. The molecule has 8 atom stereocenters. The number of primary amides is 2. The van der Waals surface area contributed by atoms with Gasteiger partial charge >= 0.3 is 0 Å². The molecule has 10 N–H and O–H groups in total. The lowest BCUT2D eigenvalue weighted by Crippen LogP contribution is -2.65. The predicted octanol–water partition coefficient (Wildman–Crippen LogP) is -4.92. The molecule has 1 rings (SSSR count). The van der Waals surface area contributed by atoms with E-state index in [1.807, 2.05) is 0 Å². The summed E-state index contributed by atoms with van der Waals surface area (Å²) in [6.45, 7) is 3.11. The van der Waals surface area contributed by atoms with Crippen molar-refractivity contribution in [2.75, 3.05) is 6.61 Å². The largest absolute Gasteiger partial charge is 0.394 e. The Balaban J connectivity index is 2.80. The number of nitrogens with one attached hydrogen (secondary N) is 3. The molecule has 1 aliphatic rings. The van der Waals surface area contributed by atoms with Crippen LogP contribution in [0.3, 0.4) is 0 Å². The zero-order valence-electron chi connectivity index (χ0n) is 19.1. The lowest BCUT2D eigenvalue weighted by molar-refractivity contribution is -0.266. The van der Waals surface area contributed by atoms with Crippen LogP contribution in [0.2, 0.25) is 0 Å². The van der Waals surface area contributed by atoms with Gasteiger partial charge in [0, 0.05) is 13.3 Å². The third-order valence-corrected chi connectivity index (χ3v) is 5.06. The van der Waals surface area contributed by atoms with Crippen molar-refractivity contribution in [3.8, 4) is 0 Å². The number of carbonyl (C=O) groups excluding carboxylic acids is 5. The van der Waals surface area contributed by atoms with Gasteiger partial charge in [-0.05, 0) is 20.3 Å². The molecule has 0 aromatic heterocycles. The second-order valence-corrected chi connectivity index (χ2v) is 7.91. The summed E-state index contributed by atoms with van der Waals surface area (Å²) in [5, 5.41) is 36.9. The molecule has 0 aromatic carbocycles. The van der Waals surface area contributed by atoms with E-state index < -0.39 is 85.0 Å². The molecule has 0 radical (unpaired) electrons. The summed E-state index contributed by atoms with van der Waals surface area (Å²) in [4.78, 5) is 58.8. The number of hydrogen-bond acceptors (Lipinski definition) is 10. The summed E-state index contributed by atoms with van der Waals surface area (Å²) in [5.74, 6) is -3.72. The Labute approximate surface area is 195 Å². The molecule has 0 spiro atoms. The SMILES string of the molecule is CC(=O)NC1C(O)OC(CO)C(O)C1O[C@H](C)C(=O)N[C@@H](C)C(=O)N[C@@H](CCC(N)=O)C(N)=O. The molecule has 15 nitrogen and oxygen atoms in total. The molecule has 0 aromatic rings. The van der Waals surface area contributed by atoms with Crippen molar-refractivity contribution in [3.05, 3.63) is 0 Å². The van der Waals surface area contributed by atoms with Crippen LogP contribution in [0, 0.1) is 0 Å². The molecular weight excluding hydrogens is 458 g/mol. The standard InChI is InChI=1S/C19H33N5O10/c1-7(17(30)24-10(16(21)29)4-5-12(20)27)22-18(31)8(2)33-15-13(23-9(3)26)19(32)34-11(6-25)14(15)28/h7-8,10-11,13-15,19,25,28,32H,4-6H2,1-3H3,(H2,20,27)(H2,21,29)(H,22,31)(H,23,26)(H,24,30)/t7-,8+,10-,11?,13?,14?,15?,19?/m0/s1. The minimum atomic E-state index is -1.64. The number of rotatable bonds is 12. The highest BCUT2D eigenvalue weighted by Crippen LogP contribution is 2.23. The Morgan fingerprint density at radius 2 is 1.68 bits per heavy atom. The minimum Gasteiger partial charge on any atom is -0.394 e. The molecule has 1 saturated heterocycles. The van der Waals surface area contributed by atoms with Gasteiger partial charge in [0.1, 0.15) is 42.5 Å². The van der Waals surface area contributed by atoms with Crippen molar-refractivity contribution >= 4 is 29.5 Å². The van der Waals surface area contributed by atoms with Gasteiger partial charge in [-0.25, -0.2) is 0 Å². The van der Waals surface area contributed by atoms with Crippen molar-refractivity contribution in [1.29, 1.82) is 0 Å². The molecule has 0 aliphatic carbocycles. The summed E-state index contributed by atoms with van der Waals surface area (Å²) in [5.41, 5.74) is 10.2. The van der Waals surface area contributed by atoms with Crippen LogP contribution in [0.15, 0.2) is 0 Å². The van der Waals surface area contributed by atoms with Crippen LogP contribution in [0.4, 0.5) is 0 Å². The topological polar surface area (TPSA) is 253 Å². The van der Waals surface area contributed by atoms with E-state index in [2.05, 4.69) is 16.0 Å². The maximum absolute atomic E-state index is 12.6. The van der Waals surface area contributed by atoms with E-state index in [0.717, 1.165) is 6.92 Å². The summed E-state index contributed by atoms with van der Waals surface area (Å²) in [6.07, 6.45) is -7.33. The van der Waals surface area contributed by atoms with Crippen molar-refractivity contribution in [3.63, 3.8) is 0 Å². The monoisotopic (exact) mass is 491 g/mol. The smallest absolute Gasteiger partial charge is 0.249 e. The Kier molecular flexibility index (Phi) is 11.3. The second kappa shape index (κ2) is 13.1. The van der Waals surface area contributed by atoms with E-state index in [0.29, 0.717) is 0 Å². The zero-order valence-corrected chi connectivity index (χ0v) is 19.1. The van der Waals surface area contributed by atoms with Crippen LogP contribution in [0.25, 0.3) is 0 Å². The van der Waals surface area contributed by atoms with Crippen LogP contribution in [-0.2, 0) is 33.4 Å². The van der Waals surface area contributed by atoms with Gasteiger partial charge in [-0.1, -0.05) is 0 Å². The molecule has 5 unspecified atom stereocenters. The number of aliphatic hydroxyl groups excluding tert-OH is 3.